The fraction of sp³-hybridized carbons (Fsp3) is 0.643. The van der Waals surface area contributed by atoms with Crippen LogP contribution in [0, 0.1) is 5.92 Å². The molecule has 0 aliphatic heterocycles. The van der Waals surface area contributed by atoms with Crippen molar-refractivity contribution < 1.29 is 19.4 Å². The topological polar surface area (TPSA) is 75.6 Å². The van der Waals surface area contributed by atoms with E-state index in [1.165, 1.54) is 38.5 Å². The highest BCUT2D eigenvalue weighted by atomic mass is 16.5. The molecule has 0 amide bonds. The molecule has 2 rings (SSSR count). The van der Waals surface area contributed by atoms with E-state index in [1.807, 2.05) is 6.92 Å². The third kappa shape index (κ3) is 10.6. The van der Waals surface area contributed by atoms with Gasteiger partial charge in [0.1, 0.15) is 5.75 Å². The highest BCUT2D eigenvalue weighted by molar-refractivity contribution is 5.91. The maximum absolute atomic E-state index is 12.3. The number of carbonyl (C=O) groups is 2. The van der Waals surface area contributed by atoms with Gasteiger partial charge in [0.2, 0.25) is 0 Å². The smallest absolute Gasteiger partial charge is 0.311 e. The number of carbonyl (C=O) groups excluding carboxylic acids is 2. The number of unbranched alkanes of at least 4 members (excludes halogenated alkanes) is 6. The third-order valence-electron chi connectivity index (χ3n) is 6.53. The number of benzene rings is 1. The molecular formula is C28H43NO4. The Hall–Kier alpha value is -2.14. The van der Waals surface area contributed by atoms with Crippen LogP contribution in [-0.4, -0.2) is 22.9 Å². The minimum Gasteiger partial charge on any atom is -0.427 e. The van der Waals surface area contributed by atoms with Gasteiger partial charge in [-0.1, -0.05) is 76.8 Å². The quantitative estimate of drug-likeness (QED) is 0.138. The molecular weight excluding hydrogens is 414 g/mol. The molecule has 1 aromatic carbocycles. The first-order valence-corrected chi connectivity index (χ1v) is 13.0. The van der Waals surface area contributed by atoms with Crippen LogP contribution in [0.25, 0.3) is 0 Å². The fourth-order valence-corrected chi connectivity index (χ4v) is 4.33. The number of rotatable bonds is 15. The summed E-state index contributed by atoms with van der Waals surface area (Å²) in [5, 5.41) is 13.7. The van der Waals surface area contributed by atoms with Crippen molar-refractivity contribution in [3.05, 3.63) is 42.1 Å². The predicted molar refractivity (Wildman–Crippen MR) is 133 cm³/mol. The number of aliphatic hydroxyl groups excluding tert-OH is 1. The normalized spacial score (nSPS) is 16.5. The summed E-state index contributed by atoms with van der Waals surface area (Å²) in [6.45, 7) is 4.08. The van der Waals surface area contributed by atoms with Gasteiger partial charge in [0.05, 0.1) is 12.1 Å². The number of ether oxygens (including phenoxy) is 1. The molecule has 184 valence electrons. The van der Waals surface area contributed by atoms with Crippen LogP contribution in [-0.2, 0) is 9.59 Å². The standard InChI is InChI=1S/C28H43NO4/c1-3-4-5-6-7-8-12-15-27(31)33-25-18-16-24(17-19-25)28(32)22(2)29-21-20-26(30)23-13-10-9-11-14-23/h16-23,28-29,32H,3-15H2,1-2H3/b21-20+. The van der Waals surface area contributed by atoms with Crippen molar-refractivity contribution in [2.45, 2.75) is 109 Å². The molecule has 0 heterocycles. The van der Waals surface area contributed by atoms with E-state index >= 15 is 0 Å². The number of esters is 1. The Kier molecular flexibility index (Phi) is 12.9. The van der Waals surface area contributed by atoms with Crippen LogP contribution in [0.2, 0.25) is 0 Å². The van der Waals surface area contributed by atoms with Crippen molar-refractivity contribution in [2.24, 2.45) is 5.92 Å². The molecule has 5 heteroatoms. The van der Waals surface area contributed by atoms with Crippen LogP contribution in [0.3, 0.4) is 0 Å². The Morgan fingerprint density at radius 1 is 1.03 bits per heavy atom. The first kappa shape index (κ1) is 27.1. The van der Waals surface area contributed by atoms with E-state index < -0.39 is 6.10 Å². The Morgan fingerprint density at radius 3 is 2.33 bits per heavy atom. The number of nitrogens with one attached hydrogen (secondary N) is 1. The number of hydrogen-bond donors (Lipinski definition) is 2. The lowest BCUT2D eigenvalue weighted by Gasteiger charge is -2.21. The number of ketones is 1. The average Bonchev–Trinajstić information content (AvgIpc) is 2.84. The summed E-state index contributed by atoms with van der Waals surface area (Å²) >= 11 is 0. The largest absolute Gasteiger partial charge is 0.427 e. The molecule has 0 spiro atoms. The maximum atomic E-state index is 12.3. The molecule has 0 radical (unpaired) electrons. The molecule has 2 unspecified atom stereocenters. The van der Waals surface area contributed by atoms with E-state index in [0.29, 0.717) is 12.2 Å². The first-order chi connectivity index (χ1) is 16.0. The highest BCUT2D eigenvalue weighted by Gasteiger charge is 2.19. The molecule has 1 aromatic rings. The van der Waals surface area contributed by atoms with E-state index in [-0.39, 0.29) is 23.7 Å². The lowest BCUT2D eigenvalue weighted by Crippen LogP contribution is -2.28. The van der Waals surface area contributed by atoms with Crippen LogP contribution in [0.5, 0.6) is 5.75 Å². The SMILES string of the molecule is CCCCCCCCCC(=O)Oc1ccc(C(O)C(C)N/C=C/C(=O)C2CCCCC2)cc1. The number of hydrogen-bond acceptors (Lipinski definition) is 5. The average molecular weight is 458 g/mol. The van der Waals surface area contributed by atoms with Crippen molar-refractivity contribution in [2.75, 3.05) is 0 Å². The minimum atomic E-state index is -0.739. The van der Waals surface area contributed by atoms with Crippen molar-refractivity contribution in [3.8, 4) is 5.75 Å². The minimum absolute atomic E-state index is 0.151. The second-order valence-electron chi connectivity index (χ2n) is 9.39. The molecule has 33 heavy (non-hydrogen) atoms. The van der Waals surface area contributed by atoms with Gasteiger partial charge in [0.25, 0.3) is 0 Å². The summed E-state index contributed by atoms with van der Waals surface area (Å²) in [6.07, 6.45) is 16.6. The lowest BCUT2D eigenvalue weighted by atomic mass is 9.86. The zero-order chi connectivity index (χ0) is 23.9. The van der Waals surface area contributed by atoms with E-state index in [0.717, 1.165) is 44.1 Å². The van der Waals surface area contributed by atoms with Crippen LogP contribution >= 0.6 is 0 Å². The Bertz CT molecular complexity index is 722. The van der Waals surface area contributed by atoms with Crippen LogP contribution < -0.4 is 10.1 Å². The predicted octanol–water partition coefficient (Wildman–Crippen LogP) is 6.41. The van der Waals surface area contributed by atoms with Crippen molar-refractivity contribution >= 4 is 11.8 Å². The van der Waals surface area contributed by atoms with Gasteiger partial charge >= 0.3 is 5.97 Å². The molecule has 2 N–H and O–H groups in total. The third-order valence-corrected chi connectivity index (χ3v) is 6.53. The first-order valence-electron chi connectivity index (χ1n) is 13.0. The van der Waals surface area contributed by atoms with Crippen LogP contribution in [0.1, 0.15) is 109 Å². The maximum Gasteiger partial charge on any atom is 0.311 e. The summed E-state index contributed by atoms with van der Waals surface area (Å²) in [6, 6.07) is 6.73. The molecule has 1 saturated carbocycles. The summed E-state index contributed by atoms with van der Waals surface area (Å²) in [4.78, 5) is 24.3. The Morgan fingerprint density at radius 2 is 1.67 bits per heavy atom. The second-order valence-corrected chi connectivity index (χ2v) is 9.39. The van der Waals surface area contributed by atoms with Crippen molar-refractivity contribution in [1.29, 1.82) is 0 Å². The molecule has 1 aliphatic rings. The molecule has 2 atom stereocenters. The zero-order valence-electron chi connectivity index (χ0n) is 20.6. The summed E-state index contributed by atoms with van der Waals surface area (Å²) < 4.78 is 5.42. The summed E-state index contributed by atoms with van der Waals surface area (Å²) in [7, 11) is 0. The summed E-state index contributed by atoms with van der Waals surface area (Å²) in [5.41, 5.74) is 0.730. The molecule has 0 bridgehead atoms. The van der Waals surface area contributed by atoms with Gasteiger partial charge < -0.3 is 15.2 Å². The van der Waals surface area contributed by atoms with E-state index in [4.69, 9.17) is 4.74 Å². The van der Waals surface area contributed by atoms with Gasteiger partial charge in [-0.05, 0) is 50.0 Å². The molecule has 0 saturated heterocycles. The van der Waals surface area contributed by atoms with Gasteiger partial charge in [-0.2, -0.15) is 0 Å². The summed E-state index contributed by atoms with van der Waals surface area (Å²) in [5.74, 6) is 0.613. The zero-order valence-corrected chi connectivity index (χ0v) is 20.6. The van der Waals surface area contributed by atoms with Gasteiger partial charge in [-0.25, -0.2) is 0 Å². The van der Waals surface area contributed by atoms with Crippen molar-refractivity contribution in [1.82, 2.24) is 5.32 Å². The number of allylic oxidation sites excluding steroid dienone is 1. The van der Waals surface area contributed by atoms with Crippen LogP contribution in [0.15, 0.2) is 36.5 Å². The van der Waals surface area contributed by atoms with Gasteiger partial charge in [-0.3, -0.25) is 9.59 Å². The lowest BCUT2D eigenvalue weighted by molar-refractivity contribution is -0.134. The molecule has 1 aliphatic carbocycles. The molecule has 5 nitrogen and oxygen atoms in total. The Labute approximate surface area is 200 Å². The second kappa shape index (κ2) is 15.7. The van der Waals surface area contributed by atoms with E-state index in [9.17, 15) is 14.7 Å². The van der Waals surface area contributed by atoms with E-state index in [2.05, 4.69) is 12.2 Å². The molecule has 0 aromatic heterocycles. The Balaban J connectivity index is 1.69. The van der Waals surface area contributed by atoms with Gasteiger partial charge in [-0.15, -0.1) is 0 Å². The number of aliphatic hydroxyl groups is 1. The van der Waals surface area contributed by atoms with Gasteiger partial charge in [0.15, 0.2) is 5.78 Å². The monoisotopic (exact) mass is 457 g/mol. The van der Waals surface area contributed by atoms with Crippen molar-refractivity contribution in [3.63, 3.8) is 0 Å². The highest BCUT2D eigenvalue weighted by Crippen LogP contribution is 2.25. The van der Waals surface area contributed by atoms with Gasteiger partial charge in [0, 0.05) is 18.5 Å². The fourth-order valence-electron chi connectivity index (χ4n) is 4.33. The van der Waals surface area contributed by atoms with Crippen LogP contribution in [0.4, 0.5) is 0 Å². The molecule has 1 fully saturated rings. The van der Waals surface area contributed by atoms with E-state index in [1.54, 1.807) is 36.5 Å².